The molecule has 1 aromatic heterocycles. The molecule has 31 heavy (non-hydrogen) atoms. The highest BCUT2D eigenvalue weighted by molar-refractivity contribution is 6.71. The van der Waals surface area contributed by atoms with Crippen molar-refractivity contribution in [2.45, 2.75) is 52.2 Å². The molecule has 1 saturated heterocycles. The summed E-state index contributed by atoms with van der Waals surface area (Å²) >= 11 is 6.51. The number of aromatic nitrogens is 1. The van der Waals surface area contributed by atoms with E-state index in [0.717, 1.165) is 33.2 Å². The summed E-state index contributed by atoms with van der Waals surface area (Å²) in [4.78, 5) is 0. The SMILES string of the molecule is CC/C(=C(/B1OC(C)(C)C(C)(C)O1)c1cc2ccccc2n1C)c1ccc(F)cc1Cl. The molecule has 0 radical (unpaired) electrons. The fourth-order valence-electron chi connectivity index (χ4n) is 4.19. The van der Waals surface area contributed by atoms with Crippen molar-refractivity contribution in [2.24, 2.45) is 7.05 Å². The zero-order valence-electron chi connectivity index (χ0n) is 18.9. The fraction of sp³-hybridized carbons (Fsp3) is 0.360. The fourth-order valence-corrected chi connectivity index (χ4v) is 4.47. The quantitative estimate of drug-likeness (QED) is 0.412. The van der Waals surface area contributed by atoms with Gasteiger partial charge in [-0.2, -0.15) is 0 Å². The number of hydrogen-bond donors (Lipinski definition) is 0. The van der Waals surface area contributed by atoms with Gasteiger partial charge in [-0.3, -0.25) is 0 Å². The van der Waals surface area contributed by atoms with Crippen LogP contribution in [0.15, 0.2) is 48.5 Å². The number of benzene rings is 2. The predicted octanol–water partition coefficient (Wildman–Crippen LogP) is 6.92. The Morgan fingerprint density at radius 1 is 1.03 bits per heavy atom. The van der Waals surface area contributed by atoms with Gasteiger partial charge in [-0.1, -0.05) is 42.8 Å². The smallest absolute Gasteiger partial charge is 0.399 e. The molecule has 2 aromatic carbocycles. The molecule has 162 valence electrons. The summed E-state index contributed by atoms with van der Waals surface area (Å²) in [6.07, 6.45) is 0.687. The van der Waals surface area contributed by atoms with E-state index < -0.39 is 18.3 Å². The second-order valence-corrected chi connectivity index (χ2v) is 9.51. The highest BCUT2D eigenvalue weighted by Crippen LogP contribution is 2.44. The highest BCUT2D eigenvalue weighted by Gasteiger charge is 2.53. The first kappa shape index (κ1) is 22.1. The molecule has 0 bridgehead atoms. The first-order valence-corrected chi connectivity index (χ1v) is 11.0. The normalized spacial score (nSPS) is 18.5. The van der Waals surface area contributed by atoms with Gasteiger partial charge in [0.2, 0.25) is 0 Å². The van der Waals surface area contributed by atoms with Crippen molar-refractivity contribution >= 4 is 40.7 Å². The number of para-hydroxylation sites is 1. The number of halogens is 2. The minimum Gasteiger partial charge on any atom is -0.399 e. The van der Waals surface area contributed by atoms with Gasteiger partial charge in [-0.15, -0.1) is 0 Å². The summed E-state index contributed by atoms with van der Waals surface area (Å²) in [7, 11) is 1.46. The van der Waals surface area contributed by atoms with Crippen LogP contribution in [0.4, 0.5) is 4.39 Å². The lowest BCUT2D eigenvalue weighted by atomic mass is 9.71. The number of nitrogens with zero attached hydrogens (tertiary/aromatic N) is 1. The lowest BCUT2D eigenvalue weighted by molar-refractivity contribution is 0.00578. The van der Waals surface area contributed by atoms with Crippen LogP contribution in [0.2, 0.25) is 5.02 Å². The average Bonchev–Trinajstić information content (AvgIpc) is 3.13. The summed E-state index contributed by atoms with van der Waals surface area (Å²) in [5, 5.41) is 1.51. The van der Waals surface area contributed by atoms with Crippen LogP contribution >= 0.6 is 11.6 Å². The Labute approximate surface area is 188 Å². The zero-order valence-corrected chi connectivity index (χ0v) is 19.7. The molecular formula is C25H28BClFNO2. The molecule has 2 heterocycles. The molecular weight excluding hydrogens is 412 g/mol. The van der Waals surface area contributed by atoms with Crippen LogP contribution in [0.5, 0.6) is 0 Å². The van der Waals surface area contributed by atoms with Gasteiger partial charge in [0.1, 0.15) is 5.82 Å². The number of hydrogen-bond acceptors (Lipinski definition) is 2. The van der Waals surface area contributed by atoms with Crippen LogP contribution in [0, 0.1) is 5.82 Å². The van der Waals surface area contributed by atoms with Crippen molar-refractivity contribution in [1.29, 1.82) is 0 Å². The molecule has 3 nitrogen and oxygen atoms in total. The van der Waals surface area contributed by atoms with Crippen LogP contribution < -0.4 is 0 Å². The van der Waals surface area contributed by atoms with Gasteiger partial charge in [-0.25, -0.2) is 4.39 Å². The van der Waals surface area contributed by atoms with Gasteiger partial charge in [0, 0.05) is 29.1 Å². The molecule has 0 spiro atoms. The van der Waals surface area contributed by atoms with Crippen molar-refractivity contribution in [3.05, 3.63) is 70.6 Å². The third-order valence-corrected chi connectivity index (χ3v) is 6.96. The molecule has 0 atom stereocenters. The second kappa shape index (κ2) is 7.81. The molecule has 3 aromatic rings. The number of fused-ring (bicyclic) bond motifs is 1. The van der Waals surface area contributed by atoms with Crippen LogP contribution in [0.1, 0.15) is 52.3 Å². The van der Waals surface area contributed by atoms with E-state index >= 15 is 0 Å². The zero-order chi connectivity index (χ0) is 22.6. The van der Waals surface area contributed by atoms with E-state index in [1.54, 1.807) is 6.07 Å². The van der Waals surface area contributed by atoms with E-state index in [-0.39, 0.29) is 5.82 Å². The van der Waals surface area contributed by atoms with E-state index in [0.29, 0.717) is 11.4 Å². The lowest BCUT2D eigenvalue weighted by Gasteiger charge is -2.32. The third kappa shape index (κ3) is 3.73. The Morgan fingerprint density at radius 2 is 1.68 bits per heavy atom. The Bertz CT molecular complexity index is 1170. The topological polar surface area (TPSA) is 23.4 Å². The highest BCUT2D eigenvalue weighted by atomic mass is 35.5. The predicted molar refractivity (Wildman–Crippen MR) is 128 cm³/mol. The van der Waals surface area contributed by atoms with E-state index in [4.69, 9.17) is 20.9 Å². The minimum atomic E-state index is -0.580. The molecule has 4 rings (SSSR count). The maximum atomic E-state index is 13.8. The van der Waals surface area contributed by atoms with Gasteiger partial charge in [0.25, 0.3) is 0 Å². The molecule has 1 aliphatic heterocycles. The molecule has 6 heteroatoms. The van der Waals surface area contributed by atoms with Gasteiger partial charge in [0.05, 0.1) is 16.2 Å². The van der Waals surface area contributed by atoms with Gasteiger partial charge >= 0.3 is 7.12 Å². The molecule has 0 aliphatic carbocycles. The van der Waals surface area contributed by atoms with E-state index in [2.05, 4.69) is 29.7 Å². The number of rotatable bonds is 4. The lowest BCUT2D eigenvalue weighted by Crippen LogP contribution is -2.41. The van der Waals surface area contributed by atoms with Crippen molar-refractivity contribution < 1.29 is 13.7 Å². The minimum absolute atomic E-state index is 0.356. The van der Waals surface area contributed by atoms with Crippen LogP contribution in [0.3, 0.4) is 0 Å². The largest absolute Gasteiger partial charge is 0.497 e. The molecule has 0 saturated carbocycles. The molecule has 1 aliphatic rings. The van der Waals surface area contributed by atoms with Crippen LogP contribution in [0.25, 0.3) is 21.9 Å². The van der Waals surface area contributed by atoms with E-state index in [1.807, 2.05) is 46.9 Å². The molecule has 0 amide bonds. The Morgan fingerprint density at radius 3 is 2.26 bits per heavy atom. The first-order chi connectivity index (χ1) is 14.6. The average molecular weight is 440 g/mol. The monoisotopic (exact) mass is 439 g/mol. The maximum absolute atomic E-state index is 13.8. The summed E-state index contributed by atoms with van der Waals surface area (Å²) in [6.45, 7) is 10.2. The molecule has 0 N–H and O–H groups in total. The summed E-state index contributed by atoms with van der Waals surface area (Å²) in [5.74, 6) is -0.356. The summed E-state index contributed by atoms with van der Waals surface area (Å²) < 4.78 is 28.9. The van der Waals surface area contributed by atoms with Crippen LogP contribution in [-0.4, -0.2) is 22.9 Å². The van der Waals surface area contributed by atoms with E-state index in [9.17, 15) is 4.39 Å². The van der Waals surface area contributed by atoms with Gasteiger partial charge < -0.3 is 13.9 Å². The summed E-state index contributed by atoms with van der Waals surface area (Å²) in [5.41, 5.74) is 3.84. The standard InChI is InChI=1S/C25H28BClFNO2/c1-7-18(19-13-12-17(28)15-20(19)27)23(26-30-24(2,3)25(4,5)31-26)22-14-16-10-8-9-11-21(16)29(22)6/h8-15H,7H2,1-6H3/b23-18-. The molecule has 0 unspecified atom stereocenters. The summed E-state index contributed by atoms with van der Waals surface area (Å²) in [6, 6.07) is 14.9. The Hall–Kier alpha value is -2.08. The van der Waals surface area contributed by atoms with Gasteiger partial charge in [-0.05, 0) is 69.5 Å². The number of allylic oxidation sites excluding steroid dienone is 1. The van der Waals surface area contributed by atoms with E-state index in [1.165, 1.54) is 12.1 Å². The third-order valence-electron chi connectivity index (χ3n) is 6.65. The number of aryl methyl sites for hydroxylation is 1. The van der Waals surface area contributed by atoms with Crippen molar-refractivity contribution in [1.82, 2.24) is 4.57 Å². The Balaban J connectivity index is 2.01. The second-order valence-electron chi connectivity index (χ2n) is 9.11. The van der Waals surface area contributed by atoms with Crippen LogP contribution in [-0.2, 0) is 16.4 Å². The van der Waals surface area contributed by atoms with Gasteiger partial charge in [0.15, 0.2) is 0 Å². The maximum Gasteiger partial charge on any atom is 0.497 e. The first-order valence-electron chi connectivity index (χ1n) is 10.6. The van der Waals surface area contributed by atoms with Crippen molar-refractivity contribution in [3.8, 4) is 0 Å². The molecule has 1 fully saturated rings. The van der Waals surface area contributed by atoms with Crippen molar-refractivity contribution in [3.63, 3.8) is 0 Å². The van der Waals surface area contributed by atoms with Crippen molar-refractivity contribution in [2.75, 3.05) is 0 Å². The Kier molecular flexibility index (Phi) is 5.57.